The lowest BCUT2D eigenvalue weighted by atomic mass is 9.80. The molecule has 4 nitrogen and oxygen atoms in total. The lowest BCUT2D eigenvalue weighted by Crippen LogP contribution is -2.54. The van der Waals surface area contributed by atoms with Crippen LogP contribution in [0.25, 0.3) is 0 Å². The van der Waals surface area contributed by atoms with Crippen LogP contribution in [-0.4, -0.2) is 37.5 Å². The van der Waals surface area contributed by atoms with Gasteiger partial charge in [-0.2, -0.15) is 8.42 Å². The highest BCUT2D eigenvalue weighted by molar-refractivity contribution is 7.86. The third-order valence-electron chi connectivity index (χ3n) is 3.78. The molecule has 0 bridgehead atoms. The Morgan fingerprint density at radius 1 is 1.06 bits per heavy atom. The highest BCUT2D eigenvalue weighted by Gasteiger charge is 2.42. The Bertz CT molecular complexity index is 330. The van der Waals surface area contributed by atoms with Gasteiger partial charge in [-0.3, -0.25) is 8.85 Å². The predicted octanol–water partition coefficient (Wildman–Crippen LogP) is 1.49. The van der Waals surface area contributed by atoms with Gasteiger partial charge in [0, 0.05) is 12.1 Å². The number of nitrogens with zero attached hydrogens (tertiary/aromatic N) is 1. The smallest absolute Gasteiger partial charge is 0.264 e. The summed E-state index contributed by atoms with van der Waals surface area (Å²) in [5, 5.41) is 0. The van der Waals surface area contributed by atoms with E-state index in [0.29, 0.717) is 12.1 Å². The van der Waals surface area contributed by atoms with Crippen molar-refractivity contribution < 1.29 is 12.6 Å². The Kier molecular flexibility index (Phi) is 4.39. The van der Waals surface area contributed by atoms with E-state index in [1.165, 1.54) is 0 Å². The maximum Gasteiger partial charge on any atom is 0.264 e. The van der Waals surface area contributed by atoms with Gasteiger partial charge in [-0.15, -0.1) is 0 Å². The summed E-state index contributed by atoms with van der Waals surface area (Å²) in [5.41, 5.74) is 0. The van der Waals surface area contributed by atoms with Gasteiger partial charge in [0.2, 0.25) is 0 Å². The number of hydrogen-bond donors (Lipinski definition) is 0. The van der Waals surface area contributed by atoms with Crippen molar-refractivity contribution in [3.05, 3.63) is 0 Å². The molecule has 0 aromatic carbocycles. The molecular weight excluding hydrogens is 245 g/mol. The molecule has 0 radical (unpaired) electrons. The summed E-state index contributed by atoms with van der Waals surface area (Å²) < 4.78 is 29.9. The third-order valence-corrected chi connectivity index (χ3v) is 5.30. The molecule has 1 saturated heterocycles. The van der Waals surface area contributed by atoms with Gasteiger partial charge in [-0.1, -0.05) is 23.2 Å². The van der Waals surface area contributed by atoms with E-state index in [1.807, 2.05) is 13.8 Å². The molecule has 5 unspecified atom stereocenters. The van der Waals surface area contributed by atoms with Gasteiger partial charge in [-0.25, -0.2) is 0 Å². The minimum absolute atomic E-state index is 0.193. The summed E-state index contributed by atoms with van der Waals surface area (Å²) in [6, 6.07) is 0.589. The molecule has 0 amide bonds. The van der Waals surface area contributed by atoms with Crippen molar-refractivity contribution in [2.24, 2.45) is 11.8 Å². The van der Waals surface area contributed by atoms with E-state index < -0.39 is 10.1 Å². The van der Waals surface area contributed by atoms with E-state index in [2.05, 4.69) is 27.9 Å². The highest BCUT2D eigenvalue weighted by atomic mass is 32.2. The first kappa shape index (κ1) is 14.4. The molecule has 1 fully saturated rings. The van der Waals surface area contributed by atoms with E-state index in [1.54, 1.807) is 0 Å². The van der Waals surface area contributed by atoms with Gasteiger partial charge in [0.25, 0.3) is 10.1 Å². The summed E-state index contributed by atoms with van der Waals surface area (Å²) in [7, 11) is -0.651. The summed E-state index contributed by atoms with van der Waals surface area (Å²) in [5.74, 6) is 0.386. The zero-order valence-corrected chi connectivity index (χ0v) is 12.5. The van der Waals surface area contributed by atoms with E-state index >= 15 is 0 Å². The van der Waals surface area contributed by atoms with Crippen LogP contribution in [-0.2, 0) is 14.3 Å². The molecule has 16 heavy (non-hydrogen) atoms. The van der Waals surface area contributed by atoms with Crippen LogP contribution in [0, 0.1) is 11.8 Å². The van der Waals surface area contributed by atoms with Gasteiger partial charge in [0.15, 0.2) is 0 Å². The fraction of sp³-hybridized carbons (Fsp3) is 1.00. The monoisotopic (exact) mass is 267 g/mol. The van der Waals surface area contributed by atoms with Gasteiger partial charge in [0.1, 0.15) is 0 Å². The maximum atomic E-state index is 11.2. The van der Waals surface area contributed by atoms with Crippen LogP contribution < -0.4 is 0 Å². The van der Waals surface area contributed by atoms with Gasteiger partial charge in [0.05, 0.1) is 12.4 Å². The zero-order valence-electron chi connectivity index (χ0n) is 10.5. The van der Waals surface area contributed by atoms with E-state index in [9.17, 15) is 8.42 Å². The molecule has 1 rings (SSSR count). The lowest BCUT2D eigenvalue weighted by Gasteiger charge is -2.47. The SMILES string of the molecule is CC1C(OS(C)(=O)=O)C(C)C(C)N(P)C1C. The van der Waals surface area contributed by atoms with Crippen LogP contribution in [0.5, 0.6) is 0 Å². The number of rotatable bonds is 2. The first-order valence-corrected chi connectivity index (χ1v) is 7.89. The van der Waals surface area contributed by atoms with E-state index in [0.717, 1.165) is 6.26 Å². The van der Waals surface area contributed by atoms with E-state index in [-0.39, 0.29) is 17.9 Å². The minimum Gasteiger partial charge on any atom is -0.281 e. The summed E-state index contributed by atoms with van der Waals surface area (Å²) in [4.78, 5) is 0. The van der Waals surface area contributed by atoms with Crippen LogP contribution >= 0.6 is 9.39 Å². The molecule has 0 saturated carbocycles. The Labute approximate surface area is 101 Å². The maximum absolute atomic E-state index is 11.2. The largest absolute Gasteiger partial charge is 0.281 e. The number of hydrogen-bond acceptors (Lipinski definition) is 4. The predicted molar refractivity (Wildman–Crippen MR) is 68.5 cm³/mol. The van der Waals surface area contributed by atoms with Crippen molar-refractivity contribution in [2.75, 3.05) is 6.26 Å². The topological polar surface area (TPSA) is 46.6 Å². The average Bonchev–Trinajstić information content (AvgIpc) is 2.17. The standard InChI is InChI=1S/C10H22NO3PS/c1-6-8(3)11(15)9(4)7(2)10(6)14-16(5,12)13/h6-10H,15H2,1-5H3. The van der Waals surface area contributed by atoms with Gasteiger partial charge < -0.3 is 0 Å². The molecule has 1 aliphatic heterocycles. The molecule has 1 aliphatic rings. The molecule has 0 spiro atoms. The van der Waals surface area contributed by atoms with Gasteiger partial charge >= 0.3 is 0 Å². The average molecular weight is 267 g/mol. The zero-order chi connectivity index (χ0) is 12.7. The number of piperidine rings is 1. The fourth-order valence-electron chi connectivity index (χ4n) is 2.32. The van der Waals surface area contributed by atoms with Crippen LogP contribution in [0.2, 0.25) is 0 Å². The second kappa shape index (κ2) is 4.89. The van der Waals surface area contributed by atoms with Crippen molar-refractivity contribution in [1.82, 2.24) is 4.67 Å². The third kappa shape index (κ3) is 2.95. The molecule has 96 valence electrons. The second-order valence-electron chi connectivity index (χ2n) is 4.91. The first-order chi connectivity index (χ1) is 7.15. The molecule has 0 aromatic rings. The Morgan fingerprint density at radius 3 is 1.75 bits per heavy atom. The summed E-state index contributed by atoms with van der Waals surface area (Å²) >= 11 is 0. The Balaban J connectivity index is 2.91. The minimum atomic E-state index is -3.38. The molecular formula is C10H22NO3PS. The fourth-order valence-corrected chi connectivity index (χ4v) is 3.62. The lowest BCUT2D eigenvalue weighted by molar-refractivity contribution is -0.0129. The van der Waals surface area contributed by atoms with Crippen molar-refractivity contribution >= 4 is 19.5 Å². The van der Waals surface area contributed by atoms with Crippen LogP contribution in [0.3, 0.4) is 0 Å². The molecule has 5 atom stereocenters. The molecule has 0 N–H and O–H groups in total. The second-order valence-corrected chi connectivity index (χ2v) is 7.11. The summed E-state index contributed by atoms with van der Waals surface area (Å²) in [6.45, 7) is 8.28. The normalized spacial score (nSPS) is 42.2. The quantitative estimate of drug-likeness (QED) is 0.562. The van der Waals surface area contributed by atoms with Crippen molar-refractivity contribution in [3.63, 3.8) is 0 Å². The van der Waals surface area contributed by atoms with Crippen LogP contribution in [0.1, 0.15) is 27.7 Å². The molecule has 0 aliphatic carbocycles. The van der Waals surface area contributed by atoms with Crippen LogP contribution in [0.15, 0.2) is 0 Å². The van der Waals surface area contributed by atoms with Crippen molar-refractivity contribution in [1.29, 1.82) is 0 Å². The molecule has 6 heteroatoms. The molecule has 0 aromatic heterocycles. The highest BCUT2D eigenvalue weighted by Crippen LogP contribution is 2.36. The van der Waals surface area contributed by atoms with Crippen molar-refractivity contribution in [2.45, 2.75) is 45.9 Å². The Morgan fingerprint density at radius 2 is 1.44 bits per heavy atom. The van der Waals surface area contributed by atoms with Crippen LogP contribution in [0.4, 0.5) is 0 Å². The Hall–Kier alpha value is 0.300. The van der Waals surface area contributed by atoms with Gasteiger partial charge in [-0.05, 0) is 25.7 Å². The van der Waals surface area contributed by atoms with Crippen molar-refractivity contribution in [3.8, 4) is 0 Å². The summed E-state index contributed by atoms with van der Waals surface area (Å²) in [6.07, 6.45) is 0.895. The first-order valence-electron chi connectivity index (χ1n) is 5.56. The van der Waals surface area contributed by atoms with E-state index in [4.69, 9.17) is 4.18 Å². The molecule has 1 heterocycles.